The van der Waals surface area contributed by atoms with Gasteiger partial charge < -0.3 is 4.42 Å². The van der Waals surface area contributed by atoms with Gasteiger partial charge >= 0.3 is 0 Å². The van der Waals surface area contributed by atoms with E-state index in [4.69, 9.17) is 4.42 Å². The lowest BCUT2D eigenvalue weighted by Gasteiger charge is -2.07. The number of hydrogen-bond acceptors (Lipinski definition) is 6. The lowest BCUT2D eigenvalue weighted by atomic mass is 10.1. The second-order valence-electron chi connectivity index (χ2n) is 6.55. The molecule has 0 saturated heterocycles. The number of aromatic nitrogens is 4. The Morgan fingerprint density at radius 3 is 2.55 bits per heavy atom. The maximum Gasteiger partial charge on any atom is 0.269 e. The van der Waals surface area contributed by atoms with Gasteiger partial charge in [0.15, 0.2) is 0 Å². The van der Waals surface area contributed by atoms with Crippen LogP contribution in [0.25, 0.3) is 17.0 Å². The van der Waals surface area contributed by atoms with Crippen LogP contribution in [0.3, 0.4) is 0 Å². The highest BCUT2D eigenvalue weighted by Gasteiger charge is 2.12. The van der Waals surface area contributed by atoms with Gasteiger partial charge in [-0.05, 0) is 59.0 Å². The van der Waals surface area contributed by atoms with E-state index >= 15 is 0 Å². The average Bonchev–Trinajstić information content (AvgIpc) is 3.49. The maximum atomic E-state index is 13.8. The normalized spacial score (nSPS) is 10.6. The average molecular weight is 420 g/mol. The fourth-order valence-corrected chi connectivity index (χ4v) is 2.86. The topological polar surface area (TPSA) is 115 Å². The lowest BCUT2D eigenvalue weighted by Crippen LogP contribution is -2.41. The maximum absolute atomic E-state index is 13.8. The summed E-state index contributed by atoms with van der Waals surface area (Å²) in [5, 5.41) is 10.9. The predicted octanol–water partition coefficient (Wildman–Crippen LogP) is 2.46. The zero-order chi connectivity index (χ0) is 21.6. The molecule has 0 radical (unpaired) electrons. The molecule has 9 nitrogen and oxygen atoms in total. The van der Waals surface area contributed by atoms with E-state index in [1.807, 2.05) is 0 Å². The highest BCUT2D eigenvalue weighted by Crippen LogP contribution is 2.25. The van der Waals surface area contributed by atoms with Gasteiger partial charge in [-0.25, -0.2) is 9.07 Å². The third kappa shape index (κ3) is 4.81. The number of tetrazole rings is 1. The summed E-state index contributed by atoms with van der Waals surface area (Å²) in [5.74, 6) is -0.293. The molecule has 0 spiro atoms. The number of carbonyl (C=O) groups excluding carboxylic acids is 2. The Labute approximate surface area is 175 Å². The summed E-state index contributed by atoms with van der Waals surface area (Å²) in [6.45, 7) is 0. The van der Waals surface area contributed by atoms with Gasteiger partial charge in [-0.15, -0.1) is 5.10 Å². The molecule has 2 N–H and O–H groups in total. The SMILES string of the molecule is O=C(CCc1ccc(-c2ccccc2F)o1)NNC(=O)c1ccc(-n2cnnn2)cc1. The molecule has 0 aliphatic heterocycles. The minimum atomic E-state index is -0.462. The summed E-state index contributed by atoms with van der Waals surface area (Å²) < 4.78 is 20.9. The zero-order valence-electron chi connectivity index (χ0n) is 16.2. The number of carbonyl (C=O) groups is 2. The number of hydrazine groups is 1. The van der Waals surface area contributed by atoms with Crippen molar-refractivity contribution < 1.29 is 18.4 Å². The van der Waals surface area contributed by atoms with E-state index in [0.29, 0.717) is 34.8 Å². The van der Waals surface area contributed by atoms with Gasteiger partial charge in [-0.3, -0.25) is 20.4 Å². The molecule has 0 aliphatic carbocycles. The van der Waals surface area contributed by atoms with Crippen molar-refractivity contribution in [1.82, 2.24) is 31.1 Å². The van der Waals surface area contributed by atoms with Crippen LogP contribution in [-0.2, 0) is 11.2 Å². The quantitative estimate of drug-likeness (QED) is 0.463. The van der Waals surface area contributed by atoms with Crippen molar-refractivity contribution in [2.24, 2.45) is 0 Å². The van der Waals surface area contributed by atoms with E-state index in [-0.39, 0.29) is 18.1 Å². The largest absolute Gasteiger partial charge is 0.461 e. The van der Waals surface area contributed by atoms with Crippen molar-refractivity contribution in [1.29, 1.82) is 0 Å². The first-order valence-corrected chi connectivity index (χ1v) is 9.36. The number of nitrogens with zero attached hydrogens (tertiary/aromatic N) is 4. The lowest BCUT2D eigenvalue weighted by molar-refractivity contribution is -0.121. The molecule has 2 aromatic carbocycles. The molecule has 10 heteroatoms. The number of benzene rings is 2. The number of furan rings is 1. The van der Waals surface area contributed by atoms with Gasteiger partial charge in [0.1, 0.15) is 23.7 Å². The number of halogens is 1. The van der Waals surface area contributed by atoms with Gasteiger partial charge in [-0.2, -0.15) is 0 Å². The van der Waals surface area contributed by atoms with Crippen LogP contribution >= 0.6 is 0 Å². The van der Waals surface area contributed by atoms with Crippen molar-refractivity contribution in [3.05, 3.63) is 84.1 Å². The van der Waals surface area contributed by atoms with Crippen molar-refractivity contribution in [2.45, 2.75) is 12.8 Å². The van der Waals surface area contributed by atoms with Crippen molar-refractivity contribution in [3.63, 3.8) is 0 Å². The van der Waals surface area contributed by atoms with Crippen LogP contribution in [0.15, 0.2) is 71.4 Å². The Morgan fingerprint density at radius 2 is 1.81 bits per heavy atom. The first kappa shape index (κ1) is 20.0. The van der Waals surface area contributed by atoms with Crippen LogP contribution in [0.5, 0.6) is 0 Å². The van der Waals surface area contributed by atoms with Gasteiger partial charge in [0.25, 0.3) is 5.91 Å². The minimum Gasteiger partial charge on any atom is -0.461 e. The molecule has 156 valence electrons. The Bertz CT molecular complexity index is 1190. The molecule has 0 saturated carbocycles. The third-order valence-corrected chi connectivity index (χ3v) is 4.46. The van der Waals surface area contributed by atoms with E-state index in [1.165, 1.54) is 17.1 Å². The van der Waals surface area contributed by atoms with Crippen LogP contribution in [0, 0.1) is 5.82 Å². The van der Waals surface area contributed by atoms with Crippen LogP contribution in [-0.4, -0.2) is 32.0 Å². The van der Waals surface area contributed by atoms with E-state index in [0.717, 1.165) is 0 Å². The first-order valence-electron chi connectivity index (χ1n) is 9.36. The molecule has 2 heterocycles. The summed E-state index contributed by atoms with van der Waals surface area (Å²) in [5.41, 5.74) is 6.14. The minimum absolute atomic E-state index is 0.0861. The summed E-state index contributed by atoms with van der Waals surface area (Å²) in [6, 6.07) is 16.2. The Balaban J connectivity index is 1.26. The van der Waals surface area contributed by atoms with E-state index in [1.54, 1.807) is 54.6 Å². The van der Waals surface area contributed by atoms with Crippen molar-refractivity contribution in [3.8, 4) is 17.0 Å². The Hall–Kier alpha value is -4.34. The van der Waals surface area contributed by atoms with Crippen LogP contribution in [0.1, 0.15) is 22.5 Å². The molecule has 0 atom stereocenters. The highest BCUT2D eigenvalue weighted by atomic mass is 19.1. The summed E-state index contributed by atoms with van der Waals surface area (Å²) >= 11 is 0. The number of rotatable bonds is 6. The number of nitrogens with one attached hydrogen (secondary N) is 2. The fourth-order valence-electron chi connectivity index (χ4n) is 2.86. The molecular formula is C21H17FN6O3. The van der Waals surface area contributed by atoms with E-state index < -0.39 is 5.91 Å². The Kier molecular flexibility index (Phi) is 5.79. The molecule has 31 heavy (non-hydrogen) atoms. The summed E-state index contributed by atoms with van der Waals surface area (Å²) in [6.07, 6.45) is 1.83. The molecule has 2 aromatic heterocycles. The molecule has 0 fully saturated rings. The third-order valence-electron chi connectivity index (χ3n) is 4.46. The highest BCUT2D eigenvalue weighted by molar-refractivity contribution is 5.95. The molecule has 4 aromatic rings. The number of aryl methyl sites for hydroxylation is 1. The van der Waals surface area contributed by atoms with Crippen LogP contribution in [0.2, 0.25) is 0 Å². The van der Waals surface area contributed by atoms with Crippen molar-refractivity contribution in [2.75, 3.05) is 0 Å². The Morgan fingerprint density at radius 1 is 1.00 bits per heavy atom. The van der Waals surface area contributed by atoms with Gasteiger partial charge in [0.05, 0.1) is 11.3 Å². The number of hydrogen-bond donors (Lipinski definition) is 2. The van der Waals surface area contributed by atoms with Gasteiger partial charge in [0.2, 0.25) is 5.91 Å². The molecule has 2 amide bonds. The monoisotopic (exact) mass is 420 g/mol. The van der Waals surface area contributed by atoms with Gasteiger partial charge in [-0.1, -0.05) is 12.1 Å². The second kappa shape index (κ2) is 8.99. The summed E-state index contributed by atoms with van der Waals surface area (Å²) in [7, 11) is 0. The molecule has 0 unspecified atom stereocenters. The van der Waals surface area contributed by atoms with E-state index in [9.17, 15) is 14.0 Å². The van der Waals surface area contributed by atoms with E-state index in [2.05, 4.69) is 26.4 Å². The fraction of sp³-hybridized carbons (Fsp3) is 0.0952. The molecule has 0 aliphatic rings. The standard InChI is InChI=1S/C21H17FN6O3/c22-18-4-2-1-3-17(18)19-11-9-16(31-19)10-12-20(29)24-25-21(30)14-5-7-15(8-6-14)28-13-23-26-27-28/h1-9,11,13H,10,12H2,(H,24,29)(H,25,30). The van der Waals surface area contributed by atoms with Crippen LogP contribution in [0.4, 0.5) is 4.39 Å². The smallest absolute Gasteiger partial charge is 0.269 e. The van der Waals surface area contributed by atoms with Crippen molar-refractivity contribution >= 4 is 11.8 Å². The predicted molar refractivity (Wildman–Crippen MR) is 107 cm³/mol. The number of amides is 2. The molecule has 4 rings (SSSR count). The second-order valence-corrected chi connectivity index (χ2v) is 6.55. The molecular weight excluding hydrogens is 403 g/mol. The zero-order valence-corrected chi connectivity index (χ0v) is 16.2. The van der Waals surface area contributed by atoms with Gasteiger partial charge in [0, 0.05) is 18.4 Å². The van der Waals surface area contributed by atoms with Crippen LogP contribution < -0.4 is 10.9 Å². The summed E-state index contributed by atoms with van der Waals surface area (Å²) in [4.78, 5) is 24.2. The first-order chi connectivity index (χ1) is 15.1. The molecule has 0 bridgehead atoms.